The molecular formula is C13H8N2O3S. The van der Waals surface area contributed by atoms with Gasteiger partial charge in [-0.1, -0.05) is 12.1 Å². The van der Waals surface area contributed by atoms with Crippen LogP contribution in [0.5, 0.6) is 0 Å². The number of hydrogen-bond donors (Lipinski definition) is 0. The molecule has 1 amide bonds. The van der Waals surface area contributed by atoms with Gasteiger partial charge in [-0.05, 0) is 17.5 Å². The van der Waals surface area contributed by atoms with Gasteiger partial charge in [0.25, 0.3) is 11.6 Å². The highest BCUT2D eigenvalue weighted by Crippen LogP contribution is 2.29. The second kappa shape index (κ2) is 4.40. The largest absolute Gasteiger partial charge is 0.277 e. The maximum Gasteiger partial charge on any atom is 0.277 e. The van der Waals surface area contributed by atoms with E-state index in [1.54, 1.807) is 6.07 Å². The molecule has 0 unspecified atom stereocenters. The number of carbonyl (C=O) groups excluding carboxylic acids is 1. The number of carbonyl (C=O) groups is 1. The van der Waals surface area contributed by atoms with Gasteiger partial charge in [0, 0.05) is 22.9 Å². The third kappa shape index (κ3) is 1.96. The number of nitro benzene ring substituents is 1. The van der Waals surface area contributed by atoms with Crippen LogP contribution < -0.4 is 0 Å². The smallest absolute Gasteiger partial charge is 0.267 e. The van der Waals surface area contributed by atoms with Crippen LogP contribution >= 0.6 is 11.3 Å². The topological polar surface area (TPSA) is 72.6 Å². The molecule has 19 heavy (non-hydrogen) atoms. The Morgan fingerprint density at radius 3 is 2.79 bits per heavy atom. The van der Waals surface area contributed by atoms with Crippen LogP contribution in [0.1, 0.15) is 20.8 Å². The minimum atomic E-state index is -0.455. The van der Waals surface area contributed by atoms with E-state index in [2.05, 4.69) is 4.99 Å². The summed E-state index contributed by atoms with van der Waals surface area (Å²) in [5.41, 5.74) is 1.36. The van der Waals surface area contributed by atoms with E-state index in [1.807, 2.05) is 17.5 Å². The van der Waals surface area contributed by atoms with Gasteiger partial charge in [-0.15, -0.1) is 11.3 Å². The molecule has 2 heterocycles. The van der Waals surface area contributed by atoms with Crippen LogP contribution in [-0.2, 0) is 6.42 Å². The Hall–Kier alpha value is -2.34. The number of benzene rings is 1. The SMILES string of the molecule is O=C1N=C(c2cccs2)Cc2c1cccc2[N+](=O)[O-]. The minimum Gasteiger partial charge on any atom is -0.267 e. The summed E-state index contributed by atoms with van der Waals surface area (Å²) in [6.07, 6.45) is 0.318. The fourth-order valence-electron chi connectivity index (χ4n) is 2.11. The lowest BCUT2D eigenvalue weighted by atomic mass is 9.96. The molecule has 5 nitrogen and oxygen atoms in total. The second-order valence-electron chi connectivity index (χ2n) is 4.08. The zero-order valence-corrected chi connectivity index (χ0v) is 10.5. The number of thiophene rings is 1. The van der Waals surface area contributed by atoms with E-state index in [1.165, 1.54) is 23.5 Å². The van der Waals surface area contributed by atoms with Crippen molar-refractivity contribution in [2.75, 3.05) is 0 Å². The lowest BCUT2D eigenvalue weighted by Crippen LogP contribution is -2.18. The molecule has 0 bridgehead atoms. The molecule has 0 saturated heterocycles. The first-order valence-corrected chi connectivity index (χ1v) is 6.47. The Morgan fingerprint density at radius 2 is 2.11 bits per heavy atom. The average molecular weight is 272 g/mol. The van der Waals surface area contributed by atoms with Crippen molar-refractivity contribution in [3.05, 3.63) is 61.8 Å². The fraction of sp³-hybridized carbons (Fsp3) is 0.0769. The zero-order chi connectivity index (χ0) is 13.4. The molecule has 1 aromatic heterocycles. The van der Waals surface area contributed by atoms with Gasteiger partial charge < -0.3 is 0 Å². The Bertz CT molecular complexity index is 705. The molecular weight excluding hydrogens is 264 g/mol. The van der Waals surface area contributed by atoms with E-state index in [9.17, 15) is 14.9 Å². The quantitative estimate of drug-likeness (QED) is 0.623. The first kappa shape index (κ1) is 11.7. The predicted octanol–water partition coefficient (Wildman–Crippen LogP) is 2.84. The minimum absolute atomic E-state index is 0.0187. The summed E-state index contributed by atoms with van der Waals surface area (Å²) < 4.78 is 0. The Kier molecular flexibility index (Phi) is 2.72. The van der Waals surface area contributed by atoms with E-state index < -0.39 is 10.8 Å². The lowest BCUT2D eigenvalue weighted by Gasteiger charge is -2.13. The summed E-state index contributed by atoms with van der Waals surface area (Å²) in [6.45, 7) is 0. The highest BCUT2D eigenvalue weighted by atomic mass is 32.1. The molecule has 0 aliphatic carbocycles. The molecule has 0 radical (unpaired) electrons. The number of hydrogen-bond acceptors (Lipinski definition) is 4. The molecule has 1 aliphatic heterocycles. The number of fused-ring (bicyclic) bond motifs is 1. The van der Waals surface area contributed by atoms with Crippen molar-refractivity contribution in [1.29, 1.82) is 0 Å². The lowest BCUT2D eigenvalue weighted by molar-refractivity contribution is -0.385. The molecule has 0 atom stereocenters. The molecule has 1 aliphatic rings. The van der Waals surface area contributed by atoms with Crippen molar-refractivity contribution in [1.82, 2.24) is 0 Å². The van der Waals surface area contributed by atoms with Crippen LogP contribution in [0.15, 0.2) is 40.7 Å². The number of amides is 1. The first-order valence-electron chi connectivity index (χ1n) is 5.59. The molecule has 2 aromatic rings. The van der Waals surface area contributed by atoms with E-state index in [0.717, 1.165) is 4.88 Å². The molecule has 3 rings (SSSR count). The van der Waals surface area contributed by atoms with Gasteiger partial charge in [0.15, 0.2) is 0 Å². The number of aliphatic imine (C=N–C) groups is 1. The highest BCUT2D eigenvalue weighted by molar-refractivity contribution is 7.12. The van der Waals surface area contributed by atoms with Crippen molar-refractivity contribution in [2.24, 2.45) is 4.99 Å². The fourth-order valence-corrected chi connectivity index (χ4v) is 2.82. The van der Waals surface area contributed by atoms with Crippen LogP contribution in [0.2, 0.25) is 0 Å². The van der Waals surface area contributed by atoms with E-state index in [4.69, 9.17) is 0 Å². The van der Waals surface area contributed by atoms with E-state index in [-0.39, 0.29) is 5.69 Å². The maximum atomic E-state index is 12.0. The molecule has 6 heteroatoms. The van der Waals surface area contributed by atoms with Crippen molar-refractivity contribution >= 4 is 28.6 Å². The second-order valence-corrected chi connectivity index (χ2v) is 5.03. The predicted molar refractivity (Wildman–Crippen MR) is 72.0 cm³/mol. The Labute approximate surface area is 112 Å². The summed E-state index contributed by atoms with van der Waals surface area (Å²) in [4.78, 5) is 27.4. The molecule has 1 aromatic carbocycles. The number of nitrogens with zero attached hydrogens (tertiary/aromatic N) is 2. The molecule has 0 fully saturated rings. The van der Waals surface area contributed by atoms with Gasteiger partial charge in [-0.25, -0.2) is 4.99 Å². The third-order valence-electron chi connectivity index (χ3n) is 2.96. The van der Waals surface area contributed by atoms with E-state index >= 15 is 0 Å². The molecule has 0 saturated carbocycles. The van der Waals surface area contributed by atoms with Gasteiger partial charge in [-0.2, -0.15) is 0 Å². The van der Waals surface area contributed by atoms with Crippen molar-refractivity contribution in [3.63, 3.8) is 0 Å². The van der Waals surface area contributed by atoms with Crippen molar-refractivity contribution < 1.29 is 9.72 Å². The zero-order valence-electron chi connectivity index (χ0n) is 9.70. The molecule has 0 spiro atoms. The van der Waals surface area contributed by atoms with Gasteiger partial charge >= 0.3 is 0 Å². The third-order valence-corrected chi connectivity index (χ3v) is 3.88. The van der Waals surface area contributed by atoms with Gasteiger partial charge in [0.1, 0.15) is 0 Å². The normalized spacial score (nSPS) is 13.9. The Balaban J connectivity index is 2.13. The summed E-state index contributed by atoms with van der Waals surface area (Å²) in [5.74, 6) is -0.409. The molecule has 0 N–H and O–H groups in total. The summed E-state index contributed by atoms with van der Waals surface area (Å²) >= 11 is 1.47. The summed E-state index contributed by atoms with van der Waals surface area (Å²) in [5, 5.41) is 12.9. The number of rotatable bonds is 2. The first-order chi connectivity index (χ1) is 9.16. The van der Waals surface area contributed by atoms with Crippen LogP contribution in [0.25, 0.3) is 0 Å². The maximum absolute atomic E-state index is 12.0. The van der Waals surface area contributed by atoms with Crippen LogP contribution in [0.3, 0.4) is 0 Å². The van der Waals surface area contributed by atoms with Crippen molar-refractivity contribution in [2.45, 2.75) is 6.42 Å². The van der Waals surface area contributed by atoms with Crippen LogP contribution in [0.4, 0.5) is 5.69 Å². The average Bonchev–Trinajstić information content (AvgIpc) is 2.91. The highest BCUT2D eigenvalue weighted by Gasteiger charge is 2.27. The Morgan fingerprint density at radius 1 is 1.26 bits per heavy atom. The van der Waals surface area contributed by atoms with Crippen LogP contribution in [0, 0.1) is 10.1 Å². The summed E-state index contributed by atoms with van der Waals surface area (Å²) in [7, 11) is 0. The van der Waals surface area contributed by atoms with E-state index in [0.29, 0.717) is 23.3 Å². The van der Waals surface area contributed by atoms with Gasteiger partial charge in [0.2, 0.25) is 0 Å². The summed E-state index contributed by atoms with van der Waals surface area (Å²) in [6, 6.07) is 8.24. The standard InChI is InChI=1S/C13H8N2O3S/c16-13-8-3-1-4-11(15(17)18)9(8)7-10(14-13)12-5-2-6-19-12/h1-6H,7H2. The monoisotopic (exact) mass is 272 g/mol. The van der Waals surface area contributed by atoms with Crippen molar-refractivity contribution in [3.8, 4) is 0 Å². The van der Waals surface area contributed by atoms with Crippen LogP contribution in [-0.4, -0.2) is 16.5 Å². The number of nitro groups is 1. The molecule has 94 valence electrons. The van der Waals surface area contributed by atoms with Gasteiger partial charge in [0.05, 0.1) is 16.2 Å². The van der Waals surface area contributed by atoms with Gasteiger partial charge in [-0.3, -0.25) is 14.9 Å².